The van der Waals surface area contributed by atoms with Gasteiger partial charge in [-0.05, 0) is 37.6 Å². The Kier molecular flexibility index (Phi) is 5.79. The zero-order valence-corrected chi connectivity index (χ0v) is 10.3. The van der Waals surface area contributed by atoms with Gasteiger partial charge in [0, 0.05) is 12.5 Å². The minimum Gasteiger partial charge on any atom is -0.314 e. The third-order valence-corrected chi connectivity index (χ3v) is 3.59. The molecule has 1 N–H and O–H groups in total. The highest BCUT2D eigenvalue weighted by Crippen LogP contribution is 2.29. The molecule has 2 atom stereocenters. The van der Waals surface area contributed by atoms with Crippen LogP contribution < -0.4 is 5.32 Å². The van der Waals surface area contributed by atoms with Gasteiger partial charge in [-0.3, -0.25) is 0 Å². The SMILES string of the molecule is C#CCCCNC1CCCC(C(C)C)C1. The van der Waals surface area contributed by atoms with Crippen LogP contribution in [-0.4, -0.2) is 12.6 Å². The molecule has 1 rings (SSSR count). The molecule has 0 aromatic rings. The summed E-state index contributed by atoms with van der Waals surface area (Å²) in [5.41, 5.74) is 0. The van der Waals surface area contributed by atoms with Crippen LogP contribution in [-0.2, 0) is 0 Å². The Morgan fingerprint density at radius 2 is 2.20 bits per heavy atom. The summed E-state index contributed by atoms with van der Waals surface area (Å²) in [6.45, 7) is 5.80. The van der Waals surface area contributed by atoms with Gasteiger partial charge in [0.15, 0.2) is 0 Å². The Labute approximate surface area is 95.0 Å². The van der Waals surface area contributed by atoms with Crippen LogP contribution in [0.3, 0.4) is 0 Å². The average Bonchev–Trinajstić information content (AvgIpc) is 2.25. The molecule has 0 amide bonds. The average molecular weight is 207 g/mol. The van der Waals surface area contributed by atoms with Gasteiger partial charge in [0.2, 0.25) is 0 Å². The largest absolute Gasteiger partial charge is 0.314 e. The molecule has 0 bridgehead atoms. The normalized spacial score (nSPS) is 26.5. The molecule has 1 saturated carbocycles. The maximum Gasteiger partial charge on any atom is 0.00981 e. The molecule has 1 heteroatoms. The lowest BCUT2D eigenvalue weighted by Gasteiger charge is -2.32. The lowest BCUT2D eigenvalue weighted by molar-refractivity contribution is 0.231. The molecule has 86 valence electrons. The first-order valence-electron chi connectivity index (χ1n) is 6.41. The number of unbranched alkanes of at least 4 members (excludes halogenated alkanes) is 1. The van der Waals surface area contributed by atoms with Gasteiger partial charge >= 0.3 is 0 Å². The van der Waals surface area contributed by atoms with Gasteiger partial charge in [0.25, 0.3) is 0 Å². The number of terminal acetylenes is 1. The van der Waals surface area contributed by atoms with Crippen molar-refractivity contribution in [3.05, 3.63) is 0 Å². The molecular weight excluding hydrogens is 182 g/mol. The molecule has 1 fully saturated rings. The fraction of sp³-hybridized carbons (Fsp3) is 0.857. The first-order valence-corrected chi connectivity index (χ1v) is 6.41. The van der Waals surface area contributed by atoms with E-state index >= 15 is 0 Å². The minimum atomic E-state index is 0.754. The maximum absolute atomic E-state index is 5.23. The van der Waals surface area contributed by atoms with Gasteiger partial charge < -0.3 is 5.32 Å². The van der Waals surface area contributed by atoms with Crippen molar-refractivity contribution >= 4 is 0 Å². The summed E-state index contributed by atoms with van der Waals surface area (Å²) >= 11 is 0. The van der Waals surface area contributed by atoms with Crippen LogP contribution in [0.1, 0.15) is 52.4 Å². The fourth-order valence-electron chi connectivity index (χ4n) is 2.52. The summed E-state index contributed by atoms with van der Waals surface area (Å²) in [5, 5.41) is 3.65. The molecule has 0 aromatic heterocycles. The predicted molar refractivity (Wildman–Crippen MR) is 66.7 cm³/mol. The Morgan fingerprint density at radius 1 is 1.40 bits per heavy atom. The van der Waals surface area contributed by atoms with Crippen molar-refractivity contribution in [3.8, 4) is 12.3 Å². The zero-order chi connectivity index (χ0) is 11.1. The highest BCUT2D eigenvalue weighted by atomic mass is 14.9. The number of rotatable bonds is 5. The van der Waals surface area contributed by atoms with Crippen LogP contribution in [0.4, 0.5) is 0 Å². The standard InChI is InChI=1S/C14H25N/c1-4-5-6-10-15-14-9-7-8-13(11-14)12(2)3/h1,12-15H,5-11H2,2-3H3. The summed E-state index contributed by atoms with van der Waals surface area (Å²) in [7, 11) is 0. The van der Waals surface area contributed by atoms with E-state index in [0.29, 0.717) is 0 Å². The van der Waals surface area contributed by atoms with Gasteiger partial charge in [-0.25, -0.2) is 0 Å². The molecule has 0 aliphatic heterocycles. The summed E-state index contributed by atoms with van der Waals surface area (Å²) in [5.74, 6) is 4.47. The molecule has 0 radical (unpaired) electrons. The lowest BCUT2D eigenvalue weighted by atomic mass is 9.79. The van der Waals surface area contributed by atoms with Crippen molar-refractivity contribution in [3.63, 3.8) is 0 Å². The molecule has 2 unspecified atom stereocenters. The Bertz CT molecular complexity index is 202. The van der Waals surface area contributed by atoms with Gasteiger partial charge in [-0.2, -0.15) is 0 Å². The van der Waals surface area contributed by atoms with Crippen LogP contribution >= 0.6 is 0 Å². The van der Waals surface area contributed by atoms with Crippen molar-refractivity contribution in [1.82, 2.24) is 5.32 Å². The molecule has 0 aromatic carbocycles. The van der Waals surface area contributed by atoms with Crippen molar-refractivity contribution in [2.24, 2.45) is 11.8 Å². The van der Waals surface area contributed by atoms with Crippen LogP contribution in [0, 0.1) is 24.2 Å². The van der Waals surface area contributed by atoms with E-state index in [9.17, 15) is 0 Å². The third-order valence-electron chi connectivity index (χ3n) is 3.59. The van der Waals surface area contributed by atoms with Gasteiger partial charge in [0.1, 0.15) is 0 Å². The van der Waals surface area contributed by atoms with E-state index in [4.69, 9.17) is 6.42 Å². The lowest BCUT2D eigenvalue weighted by Crippen LogP contribution is -2.35. The van der Waals surface area contributed by atoms with E-state index in [2.05, 4.69) is 25.1 Å². The molecule has 15 heavy (non-hydrogen) atoms. The fourth-order valence-corrected chi connectivity index (χ4v) is 2.52. The second kappa shape index (κ2) is 6.90. The molecule has 0 heterocycles. The van der Waals surface area contributed by atoms with Crippen LogP contribution in [0.2, 0.25) is 0 Å². The first-order chi connectivity index (χ1) is 7.24. The molecule has 0 spiro atoms. The second-order valence-electron chi connectivity index (χ2n) is 5.13. The quantitative estimate of drug-likeness (QED) is 0.539. The maximum atomic E-state index is 5.23. The van der Waals surface area contributed by atoms with Crippen molar-refractivity contribution in [1.29, 1.82) is 0 Å². The first kappa shape index (κ1) is 12.6. The summed E-state index contributed by atoms with van der Waals surface area (Å²) in [6, 6.07) is 0.754. The number of nitrogens with one attached hydrogen (secondary N) is 1. The monoisotopic (exact) mass is 207 g/mol. The van der Waals surface area contributed by atoms with Crippen LogP contribution in [0.5, 0.6) is 0 Å². The van der Waals surface area contributed by atoms with Gasteiger partial charge in [0.05, 0.1) is 0 Å². The topological polar surface area (TPSA) is 12.0 Å². The Hall–Kier alpha value is -0.480. The van der Waals surface area contributed by atoms with E-state index in [-0.39, 0.29) is 0 Å². The highest BCUT2D eigenvalue weighted by Gasteiger charge is 2.23. The van der Waals surface area contributed by atoms with Gasteiger partial charge in [-0.15, -0.1) is 12.3 Å². The van der Waals surface area contributed by atoms with Crippen molar-refractivity contribution < 1.29 is 0 Å². The molecule has 1 nitrogen and oxygen atoms in total. The number of hydrogen-bond donors (Lipinski definition) is 1. The van der Waals surface area contributed by atoms with Crippen LogP contribution in [0.25, 0.3) is 0 Å². The molecular formula is C14H25N. The summed E-state index contributed by atoms with van der Waals surface area (Å²) < 4.78 is 0. The summed E-state index contributed by atoms with van der Waals surface area (Å²) in [4.78, 5) is 0. The van der Waals surface area contributed by atoms with E-state index < -0.39 is 0 Å². The van der Waals surface area contributed by atoms with E-state index in [0.717, 1.165) is 37.3 Å². The highest BCUT2D eigenvalue weighted by molar-refractivity contribution is 4.84. The Balaban J connectivity index is 2.16. The van der Waals surface area contributed by atoms with E-state index in [1.807, 2.05) is 0 Å². The number of hydrogen-bond acceptors (Lipinski definition) is 1. The van der Waals surface area contributed by atoms with Crippen LogP contribution in [0.15, 0.2) is 0 Å². The van der Waals surface area contributed by atoms with Gasteiger partial charge in [-0.1, -0.05) is 26.7 Å². The second-order valence-corrected chi connectivity index (χ2v) is 5.13. The van der Waals surface area contributed by atoms with Crippen molar-refractivity contribution in [2.45, 2.75) is 58.4 Å². The minimum absolute atomic E-state index is 0.754. The molecule has 1 aliphatic carbocycles. The van der Waals surface area contributed by atoms with E-state index in [1.165, 1.54) is 25.7 Å². The predicted octanol–water partition coefficient (Wildman–Crippen LogP) is 3.20. The van der Waals surface area contributed by atoms with Crippen molar-refractivity contribution in [2.75, 3.05) is 6.54 Å². The third kappa shape index (κ3) is 4.71. The molecule has 1 aliphatic rings. The Morgan fingerprint density at radius 3 is 2.87 bits per heavy atom. The summed E-state index contributed by atoms with van der Waals surface area (Å²) in [6.07, 6.45) is 12.8. The molecule has 0 saturated heterocycles. The smallest absolute Gasteiger partial charge is 0.00981 e. The van der Waals surface area contributed by atoms with E-state index in [1.54, 1.807) is 0 Å². The zero-order valence-electron chi connectivity index (χ0n) is 10.3.